The second-order valence-corrected chi connectivity index (χ2v) is 5.76. The van der Waals surface area contributed by atoms with Crippen molar-refractivity contribution < 1.29 is 14.7 Å². The summed E-state index contributed by atoms with van der Waals surface area (Å²) in [5.41, 5.74) is 2.30. The molecule has 0 bridgehead atoms. The predicted molar refractivity (Wildman–Crippen MR) is 80.0 cm³/mol. The van der Waals surface area contributed by atoms with Gasteiger partial charge in [-0.1, -0.05) is 24.3 Å². The summed E-state index contributed by atoms with van der Waals surface area (Å²) in [6, 6.07) is 7.99. The highest BCUT2D eigenvalue weighted by Gasteiger charge is 2.29. The average Bonchev–Trinajstić information content (AvgIpc) is 2.88. The van der Waals surface area contributed by atoms with E-state index in [1.807, 2.05) is 31.2 Å². The summed E-state index contributed by atoms with van der Waals surface area (Å²) >= 11 is 0. The highest BCUT2D eigenvalue weighted by molar-refractivity contribution is 5.75. The Bertz CT molecular complexity index is 530. The maximum atomic E-state index is 12.4. The molecule has 1 N–H and O–H groups in total. The van der Waals surface area contributed by atoms with Crippen LogP contribution in [0.4, 0.5) is 4.79 Å². The predicted octanol–water partition coefficient (Wildman–Crippen LogP) is 2.34. The fraction of sp³-hybridized carbons (Fsp3) is 0.500. The summed E-state index contributed by atoms with van der Waals surface area (Å²) in [5, 5.41) is 8.82. The number of rotatable bonds is 4. The third-order valence-electron chi connectivity index (χ3n) is 4.01. The first-order chi connectivity index (χ1) is 9.97. The Labute approximate surface area is 125 Å². The van der Waals surface area contributed by atoms with Crippen molar-refractivity contribution in [1.82, 2.24) is 9.80 Å². The van der Waals surface area contributed by atoms with Crippen LogP contribution in [0, 0.1) is 12.8 Å². The van der Waals surface area contributed by atoms with Crippen LogP contribution in [0.1, 0.15) is 24.0 Å². The maximum Gasteiger partial charge on any atom is 0.320 e. The van der Waals surface area contributed by atoms with Crippen molar-refractivity contribution >= 4 is 12.0 Å². The molecule has 1 aliphatic heterocycles. The van der Waals surface area contributed by atoms with Gasteiger partial charge in [-0.3, -0.25) is 4.79 Å². The first-order valence-electron chi connectivity index (χ1n) is 7.23. The number of amides is 2. The van der Waals surface area contributed by atoms with Gasteiger partial charge < -0.3 is 14.9 Å². The van der Waals surface area contributed by atoms with E-state index in [1.165, 1.54) is 5.56 Å². The van der Waals surface area contributed by atoms with Gasteiger partial charge in [-0.2, -0.15) is 0 Å². The van der Waals surface area contributed by atoms with Crippen LogP contribution in [0.2, 0.25) is 0 Å². The molecule has 2 amide bonds. The molecule has 1 aromatic rings. The van der Waals surface area contributed by atoms with Crippen LogP contribution >= 0.6 is 0 Å². The first kappa shape index (κ1) is 15.4. The Hall–Kier alpha value is -2.04. The van der Waals surface area contributed by atoms with Gasteiger partial charge in [0.05, 0.1) is 0 Å². The van der Waals surface area contributed by atoms with Crippen LogP contribution in [-0.2, 0) is 11.3 Å². The van der Waals surface area contributed by atoms with Gasteiger partial charge in [0.25, 0.3) is 0 Å². The van der Waals surface area contributed by atoms with E-state index in [1.54, 1.807) is 16.8 Å². The topological polar surface area (TPSA) is 60.9 Å². The highest BCUT2D eigenvalue weighted by atomic mass is 16.4. The molecule has 0 saturated carbocycles. The van der Waals surface area contributed by atoms with E-state index in [2.05, 4.69) is 0 Å². The summed E-state index contributed by atoms with van der Waals surface area (Å²) in [7, 11) is 1.79. The Kier molecular flexibility index (Phi) is 4.83. The second-order valence-electron chi connectivity index (χ2n) is 5.76. The Balaban J connectivity index is 1.91. The number of carbonyl (C=O) groups is 2. The van der Waals surface area contributed by atoms with Crippen molar-refractivity contribution in [1.29, 1.82) is 0 Å². The van der Waals surface area contributed by atoms with Crippen molar-refractivity contribution in [3.05, 3.63) is 35.4 Å². The second kappa shape index (κ2) is 6.61. The molecule has 5 heteroatoms. The first-order valence-corrected chi connectivity index (χ1v) is 7.23. The van der Waals surface area contributed by atoms with Crippen LogP contribution in [0.15, 0.2) is 24.3 Å². The minimum Gasteiger partial charge on any atom is -0.481 e. The lowest BCUT2D eigenvalue weighted by Gasteiger charge is -2.25. The number of aryl methyl sites for hydroxylation is 1. The zero-order chi connectivity index (χ0) is 15.4. The number of aliphatic carboxylic acids is 1. The Morgan fingerprint density at radius 2 is 2.10 bits per heavy atom. The molecule has 2 rings (SSSR count). The molecule has 5 nitrogen and oxygen atoms in total. The number of carbonyl (C=O) groups excluding carboxylic acids is 1. The number of nitrogens with zero attached hydrogens (tertiary/aromatic N) is 2. The minimum absolute atomic E-state index is 0.0221. The van der Waals surface area contributed by atoms with E-state index >= 15 is 0 Å². The van der Waals surface area contributed by atoms with Crippen LogP contribution in [0.5, 0.6) is 0 Å². The number of likely N-dealkylation sites (tertiary alicyclic amines) is 1. The molecule has 1 fully saturated rings. The van der Waals surface area contributed by atoms with Gasteiger partial charge in [-0.15, -0.1) is 0 Å². The lowest BCUT2D eigenvalue weighted by molar-refractivity contribution is -0.138. The molecular formula is C16H22N2O3. The normalized spacial score (nSPS) is 17.8. The molecular weight excluding hydrogens is 268 g/mol. The van der Waals surface area contributed by atoms with Crippen molar-refractivity contribution in [3.63, 3.8) is 0 Å². The Morgan fingerprint density at radius 3 is 2.76 bits per heavy atom. The van der Waals surface area contributed by atoms with Crippen LogP contribution < -0.4 is 0 Å². The average molecular weight is 290 g/mol. The fourth-order valence-electron chi connectivity index (χ4n) is 2.77. The van der Waals surface area contributed by atoms with E-state index in [9.17, 15) is 9.59 Å². The van der Waals surface area contributed by atoms with Gasteiger partial charge in [0, 0.05) is 33.1 Å². The van der Waals surface area contributed by atoms with Gasteiger partial charge in [0.1, 0.15) is 0 Å². The molecule has 1 unspecified atom stereocenters. The SMILES string of the molecule is Cc1ccccc1CN(C)C(=O)N1CCC(CC(=O)O)C1. The molecule has 1 heterocycles. The Morgan fingerprint density at radius 1 is 1.38 bits per heavy atom. The summed E-state index contributed by atoms with van der Waals surface area (Å²) < 4.78 is 0. The molecule has 0 aromatic heterocycles. The highest BCUT2D eigenvalue weighted by Crippen LogP contribution is 2.21. The van der Waals surface area contributed by atoms with Gasteiger partial charge in [0.2, 0.25) is 0 Å². The molecule has 114 valence electrons. The summed E-state index contributed by atoms with van der Waals surface area (Å²) in [6.45, 7) is 3.80. The minimum atomic E-state index is -0.789. The number of benzene rings is 1. The van der Waals surface area contributed by atoms with Crippen LogP contribution in [0.3, 0.4) is 0 Å². The molecule has 1 aromatic carbocycles. The molecule has 1 atom stereocenters. The largest absolute Gasteiger partial charge is 0.481 e. The fourth-order valence-corrected chi connectivity index (χ4v) is 2.77. The van der Waals surface area contributed by atoms with Crippen molar-refractivity contribution in [2.75, 3.05) is 20.1 Å². The van der Waals surface area contributed by atoms with Crippen LogP contribution in [0.25, 0.3) is 0 Å². The zero-order valence-electron chi connectivity index (χ0n) is 12.6. The van der Waals surface area contributed by atoms with Crippen molar-refractivity contribution in [2.45, 2.75) is 26.3 Å². The molecule has 0 radical (unpaired) electrons. The third-order valence-corrected chi connectivity index (χ3v) is 4.01. The molecule has 21 heavy (non-hydrogen) atoms. The monoisotopic (exact) mass is 290 g/mol. The quantitative estimate of drug-likeness (QED) is 0.926. The van der Waals surface area contributed by atoms with Gasteiger partial charge in [-0.25, -0.2) is 4.79 Å². The summed E-state index contributed by atoms with van der Waals surface area (Å²) in [6.07, 6.45) is 0.918. The number of carboxylic acid groups (broad SMARTS) is 1. The van der Waals surface area contributed by atoms with Crippen molar-refractivity contribution in [2.24, 2.45) is 5.92 Å². The van der Waals surface area contributed by atoms with Crippen LogP contribution in [-0.4, -0.2) is 47.0 Å². The standard InChI is InChI=1S/C16H22N2O3/c1-12-5-3-4-6-14(12)11-17(2)16(21)18-8-7-13(10-18)9-15(19)20/h3-6,13H,7-11H2,1-2H3,(H,19,20). The third kappa shape index (κ3) is 3.97. The van der Waals surface area contributed by atoms with E-state index in [0.29, 0.717) is 19.6 Å². The maximum absolute atomic E-state index is 12.4. The molecule has 1 aliphatic rings. The number of hydrogen-bond donors (Lipinski definition) is 1. The number of urea groups is 1. The smallest absolute Gasteiger partial charge is 0.320 e. The lowest BCUT2D eigenvalue weighted by atomic mass is 10.1. The molecule has 0 aliphatic carbocycles. The van der Waals surface area contributed by atoms with E-state index < -0.39 is 5.97 Å². The molecule has 1 saturated heterocycles. The van der Waals surface area contributed by atoms with E-state index in [-0.39, 0.29) is 18.4 Å². The van der Waals surface area contributed by atoms with Crippen molar-refractivity contribution in [3.8, 4) is 0 Å². The van der Waals surface area contributed by atoms with Gasteiger partial charge >= 0.3 is 12.0 Å². The van der Waals surface area contributed by atoms with Gasteiger partial charge in [-0.05, 0) is 30.4 Å². The lowest BCUT2D eigenvalue weighted by Crippen LogP contribution is -2.39. The zero-order valence-corrected chi connectivity index (χ0v) is 12.6. The van der Waals surface area contributed by atoms with Gasteiger partial charge in [0.15, 0.2) is 0 Å². The summed E-state index contributed by atoms with van der Waals surface area (Å²) in [5.74, 6) is -0.708. The van der Waals surface area contributed by atoms with E-state index in [0.717, 1.165) is 12.0 Å². The molecule has 0 spiro atoms. The number of hydrogen-bond acceptors (Lipinski definition) is 2. The number of carboxylic acids is 1. The van der Waals surface area contributed by atoms with E-state index in [4.69, 9.17) is 5.11 Å². The summed E-state index contributed by atoms with van der Waals surface area (Å²) in [4.78, 5) is 26.6.